The molecule has 0 saturated heterocycles. The maximum Gasteiger partial charge on any atom is 0.285 e. The van der Waals surface area contributed by atoms with Crippen LogP contribution >= 0.6 is 11.6 Å². The summed E-state index contributed by atoms with van der Waals surface area (Å²) < 4.78 is 27.5. The Labute approximate surface area is 188 Å². The Bertz CT molecular complexity index is 1420. The van der Waals surface area contributed by atoms with E-state index in [2.05, 4.69) is 15.2 Å². The lowest BCUT2D eigenvalue weighted by molar-refractivity contribution is -0.116. The minimum absolute atomic E-state index is 0.000989. The van der Waals surface area contributed by atoms with E-state index >= 15 is 0 Å². The Balaban J connectivity index is 1.68. The first kappa shape index (κ1) is 21.5. The van der Waals surface area contributed by atoms with Crippen LogP contribution < -0.4 is 4.31 Å². The molecular formula is C22H17ClN4O4S. The monoisotopic (exact) mass is 468 g/mol. The van der Waals surface area contributed by atoms with Crippen molar-refractivity contribution in [2.45, 2.75) is 4.90 Å². The third-order valence-electron chi connectivity index (χ3n) is 4.65. The fourth-order valence-electron chi connectivity index (χ4n) is 3.15. The quantitative estimate of drug-likeness (QED) is 0.386. The van der Waals surface area contributed by atoms with Crippen molar-refractivity contribution in [3.05, 3.63) is 83.9 Å². The average molecular weight is 469 g/mol. The van der Waals surface area contributed by atoms with Gasteiger partial charge in [-0.1, -0.05) is 60.1 Å². The van der Waals surface area contributed by atoms with Gasteiger partial charge < -0.3 is 10.1 Å². The molecule has 1 heterocycles. The fraction of sp³-hybridized carbons (Fsp3) is 0.0455. The normalized spacial score (nSPS) is 11.8. The molecule has 162 valence electrons. The van der Waals surface area contributed by atoms with E-state index < -0.39 is 22.5 Å². The number of nitrogens with one attached hydrogen (secondary N) is 1. The Morgan fingerprint density at radius 2 is 1.62 bits per heavy atom. The number of carbonyl (C=O) groups is 1. The number of anilines is 1. The first-order valence-electron chi connectivity index (χ1n) is 9.44. The van der Waals surface area contributed by atoms with E-state index in [-0.39, 0.29) is 27.2 Å². The van der Waals surface area contributed by atoms with Gasteiger partial charge in [-0.15, -0.1) is 10.2 Å². The highest BCUT2D eigenvalue weighted by Gasteiger charge is 2.28. The highest BCUT2D eigenvalue weighted by Crippen LogP contribution is 2.35. The van der Waals surface area contributed by atoms with Crippen molar-refractivity contribution in [3.63, 3.8) is 0 Å². The lowest BCUT2D eigenvalue weighted by Gasteiger charge is -2.23. The summed E-state index contributed by atoms with van der Waals surface area (Å²) in [4.78, 5) is 15.4. The molecule has 0 fully saturated rings. The smallest absolute Gasteiger partial charge is 0.285 e. The van der Waals surface area contributed by atoms with Gasteiger partial charge in [-0.2, -0.15) is 0 Å². The Hall–Kier alpha value is -3.69. The van der Waals surface area contributed by atoms with E-state index in [1.54, 1.807) is 54.6 Å². The number of aromatic nitrogens is 1. The molecule has 4 rings (SSSR count). The van der Waals surface area contributed by atoms with Gasteiger partial charge in [-0.05, 0) is 30.3 Å². The van der Waals surface area contributed by atoms with E-state index in [0.717, 1.165) is 4.31 Å². The third kappa shape index (κ3) is 4.20. The Kier molecular flexibility index (Phi) is 5.93. The zero-order valence-electron chi connectivity index (χ0n) is 16.5. The second-order valence-electron chi connectivity index (χ2n) is 6.74. The van der Waals surface area contributed by atoms with Gasteiger partial charge >= 0.3 is 0 Å². The maximum atomic E-state index is 13.3. The minimum atomic E-state index is -4.12. The summed E-state index contributed by atoms with van der Waals surface area (Å²) in [5, 5.41) is 18.3. The molecule has 32 heavy (non-hydrogen) atoms. The molecule has 3 aromatic carbocycles. The standard InChI is InChI=1S/C22H17ClN4O4S/c23-17-11-5-7-13-19(17)27(32(30,31)15-8-2-1-3-9-15)14-20(28)25-26-21-16-10-4-6-12-18(16)24-22(21)29/h1-13,24,29H,14H2. The van der Waals surface area contributed by atoms with Gasteiger partial charge in [0, 0.05) is 5.39 Å². The van der Waals surface area contributed by atoms with Crippen molar-refractivity contribution in [1.29, 1.82) is 0 Å². The molecule has 0 saturated carbocycles. The fourth-order valence-corrected chi connectivity index (χ4v) is 4.89. The lowest BCUT2D eigenvalue weighted by Crippen LogP contribution is -2.35. The number of hydrogen-bond donors (Lipinski definition) is 2. The molecule has 0 aliphatic carbocycles. The summed E-state index contributed by atoms with van der Waals surface area (Å²) in [5.41, 5.74) is 0.844. The zero-order valence-corrected chi connectivity index (χ0v) is 18.1. The number of sulfonamides is 1. The first-order valence-corrected chi connectivity index (χ1v) is 11.3. The molecule has 0 unspecified atom stereocenters. The summed E-state index contributed by atoms with van der Waals surface area (Å²) in [7, 11) is -4.12. The van der Waals surface area contributed by atoms with Gasteiger partial charge in [0.2, 0.25) is 5.88 Å². The van der Waals surface area contributed by atoms with Gasteiger partial charge in [-0.3, -0.25) is 9.10 Å². The van der Waals surface area contributed by atoms with Crippen LogP contribution in [0.5, 0.6) is 5.88 Å². The van der Waals surface area contributed by atoms with E-state index in [1.165, 1.54) is 24.3 Å². The topological polar surface area (TPSA) is 115 Å². The molecule has 8 nitrogen and oxygen atoms in total. The SMILES string of the molecule is O=C(CN(c1ccccc1Cl)S(=O)(=O)c1ccccc1)N=Nc1c(O)[nH]c2ccccc12. The highest BCUT2D eigenvalue weighted by atomic mass is 35.5. The van der Waals surface area contributed by atoms with Crippen LogP contribution in [0.1, 0.15) is 0 Å². The van der Waals surface area contributed by atoms with Gasteiger partial charge in [0.05, 0.1) is 21.1 Å². The van der Waals surface area contributed by atoms with Gasteiger partial charge in [0.1, 0.15) is 6.54 Å². The van der Waals surface area contributed by atoms with Crippen LogP contribution in [0.3, 0.4) is 0 Å². The summed E-state index contributed by atoms with van der Waals surface area (Å²) in [5.74, 6) is -1.09. The molecule has 0 aliphatic rings. The summed E-state index contributed by atoms with van der Waals surface area (Å²) in [6.45, 7) is -0.631. The molecular weight excluding hydrogens is 452 g/mol. The van der Waals surface area contributed by atoms with Crippen molar-refractivity contribution in [2.75, 3.05) is 10.8 Å². The van der Waals surface area contributed by atoms with E-state index in [1.807, 2.05) is 0 Å². The number of rotatable bonds is 6. The summed E-state index contributed by atoms with van der Waals surface area (Å²) in [6, 6.07) is 21.0. The molecule has 0 bridgehead atoms. The number of nitrogens with zero attached hydrogens (tertiary/aromatic N) is 3. The molecule has 1 amide bonds. The molecule has 4 aromatic rings. The van der Waals surface area contributed by atoms with E-state index in [0.29, 0.717) is 10.9 Å². The predicted molar refractivity (Wildman–Crippen MR) is 122 cm³/mol. The number of aromatic amines is 1. The zero-order chi connectivity index (χ0) is 22.7. The number of aromatic hydroxyl groups is 1. The second-order valence-corrected chi connectivity index (χ2v) is 9.01. The van der Waals surface area contributed by atoms with Gasteiger partial charge in [0.15, 0.2) is 5.69 Å². The van der Waals surface area contributed by atoms with Crippen LogP contribution in [0.4, 0.5) is 11.4 Å². The minimum Gasteiger partial charge on any atom is -0.493 e. The molecule has 10 heteroatoms. The van der Waals surface area contributed by atoms with Gasteiger partial charge in [0.25, 0.3) is 15.9 Å². The number of amides is 1. The van der Waals surface area contributed by atoms with Crippen LogP contribution in [0, 0.1) is 0 Å². The number of azo groups is 1. The number of hydrogen-bond acceptors (Lipinski definition) is 5. The van der Waals surface area contributed by atoms with Crippen LogP contribution in [0.25, 0.3) is 10.9 Å². The molecule has 2 N–H and O–H groups in total. The van der Waals surface area contributed by atoms with Crippen LogP contribution in [-0.4, -0.2) is 31.0 Å². The summed E-state index contributed by atoms with van der Waals surface area (Å²) in [6.07, 6.45) is 0. The number of para-hydroxylation sites is 2. The summed E-state index contributed by atoms with van der Waals surface area (Å²) >= 11 is 6.23. The van der Waals surface area contributed by atoms with Crippen molar-refractivity contribution in [2.24, 2.45) is 10.2 Å². The number of carbonyl (C=O) groups excluding carboxylic acids is 1. The molecule has 1 aromatic heterocycles. The lowest BCUT2D eigenvalue weighted by atomic mass is 10.2. The van der Waals surface area contributed by atoms with Crippen molar-refractivity contribution in [1.82, 2.24) is 4.98 Å². The van der Waals surface area contributed by atoms with E-state index in [4.69, 9.17) is 11.6 Å². The molecule has 0 aliphatic heterocycles. The molecule has 0 atom stereocenters. The third-order valence-corrected chi connectivity index (χ3v) is 6.75. The van der Waals surface area contributed by atoms with Gasteiger partial charge in [-0.25, -0.2) is 8.42 Å². The van der Waals surface area contributed by atoms with Crippen LogP contribution in [-0.2, 0) is 14.8 Å². The number of halogens is 1. The number of benzene rings is 3. The second kappa shape index (κ2) is 8.81. The largest absolute Gasteiger partial charge is 0.493 e. The Morgan fingerprint density at radius 3 is 2.38 bits per heavy atom. The van der Waals surface area contributed by atoms with Crippen LogP contribution in [0.15, 0.2) is 94.0 Å². The van der Waals surface area contributed by atoms with E-state index in [9.17, 15) is 18.3 Å². The van der Waals surface area contributed by atoms with Crippen LogP contribution in [0.2, 0.25) is 5.02 Å². The maximum absolute atomic E-state index is 13.3. The highest BCUT2D eigenvalue weighted by molar-refractivity contribution is 7.92. The molecule has 0 spiro atoms. The predicted octanol–water partition coefficient (Wildman–Crippen LogP) is 5.03. The van der Waals surface area contributed by atoms with Crippen molar-refractivity contribution >= 4 is 49.8 Å². The average Bonchev–Trinajstić information content (AvgIpc) is 3.12. The first-order chi connectivity index (χ1) is 15.4. The Morgan fingerprint density at radius 1 is 0.969 bits per heavy atom. The number of H-pyrrole nitrogens is 1. The molecule has 0 radical (unpaired) electrons. The number of fused-ring (bicyclic) bond motifs is 1. The van der Waals surface area contributed by atoms with Crippen molar-refractivity contribution < 1.29 is 18.3 Å². The van der Waals surface area contributed by atoms with Crippen molar-refractivity contribution in [3.8, 4) is 5.88 Å².